The Morgan fingerprint density at radius 2 is 2.33 bits per heavy atom. The highest BCUT2D eigenvalue weighted by molar-refractivity contribution is 5.78. The highest BCUT2D eigenvalue weighted by atomic mass is 16.5. The lowest BCUT2D eigenvalue weighted by Gasteiger charge is -2.21. The molecule has 2 N–H and O–H groups in total. The molecule has 0 saturated carbocycles. The smallest absolute Gasteiger partial charge is 0.308 e. The van der Waals surface area contributed by atoms with Gasteiger partial charge in [0.25, 0.3) is 0 Å². The number of benzene rings is 1. The number of hydrogen-bond acceptors (Lipinski definition) is 4. The van der Waals surface area contributed by atoms with Crippen LogP contribution in [-0.2, 0) is 11.3 Å². The molecule has 0 amide bonds. The Labute approximate surface area is 107 Å². The van der Waals surface area contributed by atoms with E-state index in [-0.39, 0.29) is 5.97 Å². The molecule has 0 spiro atoms. The van der Waals surface area contributed by atoms with Gasteiger partial charge in [-0.1, -0.05) is 12.1 Å². The summed E-state index contributed by atoms with van der Waals surface area (Å²) in [5, 5.41) is 6.38. The summed E-state index contributed by atoms with van der Waals surface area (Å²) in [5.41, 5.74) is 3.39. The fourth-order valence-electron chi connectivity index (χ4n) is 2.14. The van der Waals surface area contributed by atoms with Crippen LogP contribution in [0.2, 0.25) is 0 Å². The number of nitrogens with one attached hydrogen (secondary N) is 2. The Morgan fingerprint density at radius 3 is 3.06 bits per heavy atom. The van der Waals surface area contributed by atoms with Gasteiger partial charge in [-0.15, -0.1) is 0 Å². The first-order valence-corrected chi connectivity index (χ1v) is 6.10. The first-order chi connectivity index (χ1) is 8.72. The van der Waals surface area contributed by atoms with Gasteiger partial charge >= 0.3 is 5.97 Å². The first kappa shape index (κ1) is 12.6. The van der Waals surface area contributed by atoms with Gasteiger partial charge in [-0.05, 0) is 37.2 Å². The van der Waals surface area contributed by atoms with Crippen LogP contribution in [0.5, 0.6) is 5.75 Å². The van der Waals surface area contributed by atoms with E-state index in [0.29, 0.717) is 5.75 Å². The standard InChI is InChI=1S/C14H18N2O2/c1-10(17)18-13-5-3-4-11-8-16-9-12(14(11)13)6-7-15-2/h3-5,9,15-16H,6-8H2,1-2H3. The summed E-state index contributed by atoms with van der Waals surface area (Å²) in [6.45, 7) is 3.09. The summed E-state index contributed by atoms with van der Waals surface area (Å²) in [5.74, 6) is 0.374. The largest absolute Gasteiger partial charge is 0.426 e. The third-order valence-corrected chi connectivity index (χ3v) is 2.90. The molecule has 96 valence electrons. The van der Waals surface area contributed by atoms with Crippen molar-refractivity contribution < 1.29 is 9.53 Å². The fourth-order valence-corrected chi connectivity index (χ4v) is 2.14. The van der Waals surface area contributed by atoms with E-state index in [0.717, 1.165) is 25.1 Å². The second-order valence-electron chi connectivity index (χ2n) is 4.29. The van der Waals surface area contributed by atoms with E-state index < -0.39 is 0 Å². The molecule has 1 aliphatic heterocycles. The maximum Gasteiger partial charge on any atom is 0.308 e. The lowest BCUT2D eigenvalue weighted by atomic mass is 9.94. The molecule has 0 aromatic heterocycles. The maximum absolute atomic E-state index is 11.2. The van der Waals surface area contributed by atoms with Crippen LogP contribution in [0.15, 0.2) is 24.4 Å². The molecule has 4 heteroatoms. The van der Waals surface area contributed by atoms with Crippen molar-refractivity contribution in [2.75, 3.05) is 13.6 Å². The normalized spacial score (nSPS) is 13.3. The second kappa shape index (κ2) is 5.69. The monoisotopic (exact) mass is 246 g/mol. The minimum atomic E-state index is -0.283. The average Bonchev–Trinajstić information content (AvgIpc) is 2.35. The van der Waals surface area contributed by atoms with E-state index in [1.54, 1.807) is 0 Å². The van der Waals surface area contributed by atoms with Gasteiger partial charge in [0.1, 0.15) is 5.75 Å². The van der Waals surface area contributed by atoms with Crippen molar-refractivity contribution in [2.45, 2.75) is 19.9 Å². The van der Waals surface area contributed by atoms with Crippen LogP contribution in [0, 0.1) is 0 Å². The molecule has 1 aliphatic rings. The van der Waals surface area contributed by atoms with Gasteiger partial charge in [-0.2, -0.15) is 0 Å². The average molecular weight is 246 g/mol. The molecule has 2 rings (SSSR count). The zero-order valence-electron chi connectivity index (χ0n) is 10.7. The van der Waals surface area contributed by atoms with Crippen molar-refractivity contribution in [1.82, 2.24) is 10.6 Å². The molecule has 18 heavy (non-hydrogen) atoms. The van der Waals surface area contributed by atoms with Crippen LogP contribution >= 0.6 is 0 Å². The van der Waals surface area contributed by atoms with Gasteiger partial charge in [0.05, 0.1) is 0 Å². The molecular formula is C14H18N2O2. The summed E-state index contributed by atoms with van der Waals surface area (Å²) in [6.07, 6.45) is 2.90. The highest BCUT2D eigenvalue weighted by Crippen LogP contribution is 2.33. The van der Waals surface area contributed by atoms with Crippen LogP contribution in [0.1, 0.15) is 24.5 Å². The van der Waals surface area contributed by atoms with Crippen molar-refractivity contribution in [3.8, 4) is 5.75 Å². The molecule has 0 radical (unpaired) electrons. The van der Waals surface area contributed by atoms with Crippen molar-refractivity contribution in [1.29, 1.82) is 0 Å². The van der Waals surface area contributed by atoms with Crippen LogP contribution in [0.25, 0.3) is 5.57 Å². The summed E-state index contributed by atoms with van der Waals surface area (Å²) < 4.78 is 5.29. The van der Waals surface area contributed by atoms with Gasteiger partial charge in [0, 0.05) is 25.2 Å². The number of hydrogen-bond donors (Lipinski definition) is 2. The Hall–Kier alpha value is -1.81. The highest BCUT2D eigenvalue weighted by Gasteiger charge is 2.17. The van der Waals surface area contributed by atoms with E-state index in [4.69, 9.17) is 4.74 Å². The Bertz CT molecular complexity index is 481. The van der Waals surface area contributed by atoms with E-state index in [2.05, 4.69) is 16.7 Å². The first-order valence-electron chi connectivity index (χ1n) is 6.10. The minimum absolute atomic E-state index is 0.283. The molecule has 0 atom stereocenters. The zero-order valence-corrected chi connectivity index (χ0v) is 10.7. The molecule has 0 aliphatic carbocycles. The molecule has 1 aromatic rings. The number of carbonyl (C=O) groups is 1. The zero-order chi connectivity index (χ0) is 13.0. The van der Waals surface area contributed by atoms with E-state index in [1.807, 2.05) is 25.4 Å². The Balaban J connectivity index is 2.35. The van der Waals surface area contributed by atoms with Crippen molar-refractivity contribution >= 4 is 11.5 Å². The van der Waals surface area contributed by atoms with Gasteiger partial charge in [-0.25, -0.2) is 0 Å². The number of esters is 1. The van der Waals surface area contributed by atoms with Crippen LogP contribution < -0.4 is 15.4 Å². The fraction of sp³-hybridized carbons (Fsp3) is 0.357. The number of fused-ring (bicyclic) bond motifs is 1. The Kier molecular flexibility index (Phi) is 3.99. The summed E-state index contributed by atoms with van der Waals surface area (Å²) >= 11 is 0. The van der Waals surface area contributed by atoms with Crippen molar-refractivity contribution in [3.63, 3.8) is 0 Å². The number of carbonyl (C=O) groups excluding carboxylic acids is 1. The van der Waals surface area contributed by atoms with Gasteiger partial charge in [0.2, 0.25) is 0 Å². The third-order valence-electron chi connectivity index (χ3n) is 2.90. The third kappa shape index (κ3) is 2.71. The quantitative estimate of drug-likeness (QED) is 0.626. The molecule has 1 aromatic carbocycles. The summed E-state index contributed by atoms with van der Waals surface area (Å²) in [7, 11) is 1.93. The Morgan fingerprint density at radius 1 is 1.50 bits per heavy atom. The molecular weight excluding hydrogens is 228 g/mol. The SMILES string of the molecule is CNCCC1=CNCc2cccc(OC(C)=O)c21. The predicted molar refractivity (Wildman–Crippen MR) is 71.1 cm³/mol. The second-order valence-corrected chi connectivity index (χ2v) is 4.29. The molecule has 0 saturated heterocycles. The van der Waals surface area contributed by atoms with Crippen molar-refractivity contribution in [3.05, 3.63) is 35.5 Å². The van der Waals surface area contributed by atoms with Crippen molar-refractivity contribution in [2.24, 2.45) is 0 Å². The predicted octanol–water partition coefficient (Wildman–Crippen LogP) is 1.67. The van der Waals surface area contributed by atoms with Crippen LogP contribution in [-0.4, -0.2) is 19.6 Å². The van der Waals surface area contributed by atoms with E-state index in [1.165, 1.54) is 18.1 Å². The molecule has 4 nitrogen and oxygen atoms in total. The lowest BCUT2D eigenvalue weighted by Crippen LogP contribution is -2.18. The molecule has 0 bridgehead atoms. The van der Waals surface area contributed by atoms with E-state index in [9.17, 15) is 4.79 Å². The summed E-state index contributed by atoms with van der Waals surface area (Å²) in [4.78, 5) is 11.2. The van der Waals surface area contributed by atoms with Gasteiger partial charge in [0.15, 0.2) is 0 Å². The van der Waals surface area contributed by atoms with Gasteiger partial charge < -0.3 is 15.4 Å². The summed E-state index contributed by atoms with van der Waals surface area (Å²) in [6, 6.07) is 5.82. The number of ether oxygens (including phenoxy) is 1. The van der Waals surface area contributed by atoms with E-state index >= 15 is 0 Å². The van der Waals surface area contributed by atoms with Gasteiger partial charge in [-0.3, -0.25) is 4.79 Å². The topological polar surface area (TPSA) is 50.4 Å². The maximum atomic E-state index is 11.2. The number of rotatable bonds is 4. The molecule has 0 fully saturated rings. The lowest BCUT2D eigenvalue weighted by molar-refractivity contribution is -0.131. The molecule has 0 unspecified atom stereocenters. The van der Waals surface area contributed by atoms with Crippen LogP contribution in [0.3, 0.4) is 0 Å². The van der Waals surface area contributed by atoms with Crippen LogP contribution in [0.4, 0.5) is 0 Å². The minimum Gasteiger partial charge on any atom is -0.426 e. The molecule has 1 heterocycles.